The number of carboxylic acids is 1. The van der Waals surface area contributed by atoms with Crippen LogP contribution in [0.5, 0.6) is 0 Å². The molecule has 0 aromatic heterocycles. The number of nitrogens with zero attached hydrogens (tertiary/aromatic N) is 1. The van der Waals surface area contributed by atoms with Gasteiger partial charge in [0.2, 0.25) is 6.61 Å². The molecule has 0 radical (unpaired) electrons. The monoisotopic (exact) mass is 449 g/mol. The summed E-state index contributed by atoms with van der Waals surface area (Å²) in [6, 6.07) is 10.0. The molecule has 2 aliphatic rings. The van der Waals surface area contributed by atoms with E-state index in [-0.39, 0.29) is 10.8 Å². The van der Waals surface area contributed by atoms with Crippen LogP contribution in [0.2, 0.25) is 0 Å². The Kier molecular flexibility index (Phi) is 8.91. The van der Waals surface area contributed by atoms with E-state index in [1.54, 1.807) is 0 Å². The molecule has 176 valence electrons. The van der Waals surface area contributed by atoms with E-state index in [2.05, 4.69) is 30.0 Å². The number of hydrogen-bond donors (Lipinski definition) is 2. The van der Waals surface area contributed by atoms with Gasteiger partial charge in [0.25, 0.3) is 0 Å². The second kappa shape index (κ2) is 11.9. The highest BCUT2D eigenvalue weighted by Crippen LogP contribution is 2.47. The molecule has 2 N–H and O–H groups in total. The molecule has 2 aliphatic carbocycles. The molecule has 0 bridgehead atoms. The molecular formula is C28H35NO4. The number of hydrogen-bond acceptors (Lipinski definition) is 4. The van der Waals surface area contributed by atoms with Crippen molar-refractivity contribution in [3.8, 4) is 11.8 Å². The lowest BCUT2D eigenvalue weighted by atomic mass is 9.64. The van der Waals surface area contributed by atoms with Crippen LogP contribution in [0.4, 0.5) is 0 Å². The standard InChI is InChI=1S/C28H35NO4/c1-27(17-8-6-15-25(27)29-33-22-26(31)32)16-7-5-14-24(30)21-28(19-10-20-28)18-9-13-23-11-3-2-4-12-23/h2-5,7,11-12,14,16,24,30H,6,8,10,15,17-22H2,1H3,(H,31,32)/b14-5+,16-7+,29-25+/t24-,27-/m1/s1. The van der Waals surface area contributed by atoms with Gasteiger partial charge in [-0.25, -0.2) is 4.79 Å². The van der Waals surface area contributed by atoms with Crippen molar-refractivity contribution in [2.45, 2.75) is 70.8 Å². The lowest BCUT2D eigenvalue weighted by Crippen LogP contribution is -2.32. The molecule has 1 aromatic rings. The lowest BCUT2D eigenvalue weighted by Gasteiger charge is -2.41. The maximum atomic E-state index is 10.7. The van der Waals surface area contributed by atoms with E-state index in [1.807, 2.05) is 48.6 Å². The van der Waals surface area contributed by atoms with Gasteiger partial charge in [-0.15, -0.1) is 0 Å². The van der Waals surface area contributed by atoms with Gasteiger partial charge in [-0.2, -0.15) is 0 Å². The number of carboxylic acid groups (broad SMARTS) is 1. The Morgan fingerprint density at radius 2 is 1.97 bits per heavy atom. The topological polar surface area (TPSA) is 79.1 Å². The second-order valence-corrected chi connectivity index (χ2v) is 9.54. The molecule has 0 spiro atoms. The van der Waals surface area contributed by atoms with Crippen LogP contribution in [0.3, 0.4) is 0 Å². The summed E-state index contributed by atoms with van der Waals surface area (Å²) in [4.78, 5) is 15.7. The van der Waals surface area contributed by atoms with Crippen LogP contribution in [-0.2, 0) is 9.63 Å². The van der Waals surface area contributed by atoms with Crippen molar-refractivity contribution in [1.82, 2.24) is 0 Å². The van der Waals surface area contributed by atoms with Gasteiger partial charge in [0.05, 0.1) is 11.8 Å². The first-order chi connectivity index (χ1) is 15.9. The quantitative estimate of drug-likeness (QED) is 0.296. The van der Waals surface area contributed by atoms with Crippen LogP contribution in [-0.4, -0.2) is 34.6 Å². The summed E-state index contributed by atoms with van der Waals surface area (Å²) in [7, 11) is 0. The molecule has 5 heteroatoms. The third-order valence-corrected chi connectivity index (χ3v) is 6.82. The van der Waals surface area contributed by atoms with Crippen LogP contribution in [0.1, 0.15) is 70.3 Å². The van der Waals surface area contributed by atoms with Crippen LogP contribution in [0.15, 0.2) is 59.8 Å². The highest BCUT2D eigenvalue weighted by Gasteiger charge is 2.37. The largest absolute Gasteiger partial charge is 0.479 e. The Labute approximate surface area is 197 Å². The van der Waals surface area contributed by atoms with Crippen molar-refractivity contribution < 1.29 is 19.8 Å². The van der Waals surface area contributed by atoms with Crippen LogP contribution >= 0.6 is 0 Å². The van der Waals surface area contributed by atoms with Crippen molar-refractivity contribution in [3.05, 3.63) is 60.2 Å². The van der Waals surface area contributed by atoms with Gasteiger partial charge < -0.3 is 15.1 Å². The maximum Gasteiger partial charge on any atom is 0.344 e. The Morgan fingerprint density at radius 1 is 1.18 bits per heavy atom. The first-order valence-corrected chi connectivity index (χ1v) is 11.9. The smallest absolute Gasteiger partial charge is 0.344 e. The minimum atomic E-state index is -1.03. The summed E-state index contributed by atoms with van der Waals surface area (Å²) in [6.07, 6.45) is 16.2. The summed E-state index contributed by atoms with van der Waals surface area (Å²) in [5.41, 5.74) is 1.77. The molecule has 0 heterocycles. The zero-order valence-corrected chi connectivity index (χ0v) is 19.5. The number of aliphatic carboxylic acids is 1. The average Bonchev–Trinajstić information content (AvgIpc) is 2.77. The summed E-state index contributed by atoms with van der Waals surface area (Å²) in [6.45, 7) is 1.68. The SMILES string of the molecule is C[C@@]1(/C=C/C=C/[C@@H](O)CC2(CC#Cc3ccccc3)CCC2)CCCC/C1=N\OCC(=O)O. The first kappa shape index (κ1) is 24.8. The van der Waals surface area contributed by atoms with Crippen LogP contribution in [0, 0.1) is 22.7 Å². The van der Waals surface area contributed by atoms with Gasteiger partial charge in [-0.05, 0) is 56.1 Å². The molecule has 1 aromatic carbocycles. The van der Waals surface area contributed by atoms with E-state index in [0.29, 0.717) is 0 Å². The van der Waals surface area contributed by atoms with E-state index in [0.717, 1.165) is 62.6 Å². The van der Waals surface area contributed by atoms with Gasteiger partial charge in [0, 0.05) is 17.4 Å². The highest BCUT2D eigenvalue weighted by molar-refractivity contribution is 5.91. The molecule has 0 saturated heterocycles. The fourth-order valence-corrected chi connectivity index (χ4v) is 4.67. The normalized spacial score (nSPS) is 24.2. The molecule has 0 amide bonds. The number of allylic oxidation sites excluding steroid dienone is 3. The predicted octanol–water partition coefficient (Wildman–Crippen LogP) is 5.50. The van der Waals surface area contributed by atoms with E-state index >= 15 is 0 Å². The third-order valence-electron chi connectivity index (χ3n) is 6.82. The highest BCUT2D eigenvalue weighted by atomic mass is 16.6. The van der Waals surface area contributed by atoms with Crippen molar-refractivity contribution in [2.24, 2.45) is 16.0 Å². The summed E-state index contributed by atoms with van der Waals surface area (Å²) in [5.74, 6) is 5.55. The van der Waals surface area contributed by atoms with E-state index in [9.17, 15) is 9.90 Å². The average molecular weight is 450 g/mol. The minimum Gasteiger partial charge on any atom is -0.479 e. The van der Waals surface area contributed by atoms with Gasteiger partial charge >= 0.3 is 5.97 Å². The summed E-state index contributed by atoms with van der Waals surface area (Å²) < 4.78 is 0. The lowest BCUT2D eigenvalue weighted by molar-refractivity contribution is -0.142. The van der Waals surface area contributed by atoms with Gasteiger partial charge in [-0.3, -0.25) is 0 Å². The molecule has 5 nitrogen and oxygen atoms in total. The van der Waals surface area contributed by atoms with Crippen molar-refractivity contribution in [3.63, 3.8) is 0 Å². The Hall–Kier alpha value is -2.84. The second-order valence-electron chi connectivity index (χ2n) is 9.54. The first-order valence-electron chi connectivity index (χ1n) is 11.9. The number of oxime groups is 1. The molecule has 3 rings (SSSR count). The van der Waals surface area contributed by atoms with Crippen LogP contribution in [0.25, 0.3) is 0 Å². The molecule has 2 atom stereocenters. The Morgan fingerprint density at radius 3 is 2.67 bits per heavy atom. The van der Waals surface area contributed by atoms with Crippen LogP contribution < -0.4 is 0 Å². The van der Waals surface area contributed by atoms with E-state index < -0.39 is 18.7 Å². The zero-order chi connectivity index (χ0) is 23.6. The van der Waals surface area contributed by atoms with Crippen molar-refractivity contribution >= 4 is 11.7 Å². The number of aliphatic hydroxyl groups excluding tert-OH is 1. The summed E-state index contributed by atoms with van der Waals surface area (Å²) in [5, 5.41) is 23.5. The summed E-state index contributed by atoms with van der Waals surface area (Å²) >= 11 is 0. The molecule has 2 fully saturated rings. The van der Waals surface area contributed by atoms with Gasteiger partial charge in [-0.1, -0.05) is 79.3 Å². The number of benzene rings is 1. The molecule has 0 aliphatic heterocycles. The van der Waals surface area contributed by atoms with Gasteiger partial charge in [0.1, 0.15) is 0 Å². The fraction of sp³-hybridized carbons (Fsp3) is 0.500. The Bertz CT molecular complexity index is 934. The number of rotatable bonds is 9. The molecule has 2 saturated carbocycles. The number of carbonyl (C=O) groups is 1. The predicted molar refractivity (Wildman–Crippen MR) is 131 cm³/mol. The van der Waals surface area contributed by atoms with Crippen molar-refractivity contribution in [2.75, 3.05) is 6.61 Å². The van der Waals surface area contributed by atoms with E-state index in [1.165, 1.54) is 6.42 Å². The molecule has 33 heavy (non-hydrogen) atoms. The zero-order valence-electron chi connectivity index (χ0n) is 19.5. The Balaban J connectivity index is 1.54. The van der Waals surface area contributed by atoms with E-state index in [4.69, 9.17) is 9.94 Å². The van der Waals surface area contributed by atoms with Gasteiger partial charge in [0.15, 0.2) is 0 Å². The van der Waals surface area contributed by atoms with Crippen molar-refractivity contribution in [1.29, 1.82) is 0 Å². The fourth-order valence-electron chi connectivity index (χ4n) is 4.67. The molecule has 0 unspecified atom stereocenters. The third kappa shape index (κ3) is 7.61. The molecular weight excluding hydrogens is 414 g/mol. The maximum absolute atomic E-state index is 10.7. The minimum absolute atomic E-state index is 0.117. The number of aliphatic hydroxyl groups is 1.